The Morgan fingerprint density at radius 1 is 1.38 bits per heavy atom. The molecule has 8 nitrogen and oxygen atoms in total. The van der Waals surface area contributed by atoms with E-state index in [1.54, 1.807) is 12.4 Å². The molecular weight excluding hydrogens is 397 g/mol. The molecule has 1 aliphatic rings. The fraction of sp³-hybridized carbons (Fsp3) is 0.421. The molecule has 0 bridgehead atoms. The van der Waals surface area contributed by atoms with E-state index in [-0.39, 0.29) is 17.9 Å². The number of ether oxygens (including phenoxy) is 3. The maximum absolute atomic E-state index is 13.9. The Balaban J connectivity index is 1.55. The standard InChI is InChI=1S/C19H22FN5O3S/c1-3-27-15-9-25(6-7-28-15)18-16-17(22-11-21-16)23-19(24-18)29-10-12-4-5-14(26-2)13(20)8-12/h4-5,8,11,15H,3,6-7,9-10H2,1-2H3,(H,21,22,23,24). The Labute approximate surface area is 171 Å². The van der Waals surface area contributed by atoms with Crippen molar-refractivity contribution in [2.75, 3.05) is 38.3 Å². The zero-order chi connectivity index (χ0) is 20.2. The number of nitrogens with one attached hydrogen (secondary N) is 1. The number of anilines is 1. The van der Waals surface area contributed by atoms with Crippen LogP contribution in [0.15, 0.2) is 29.7 Å². The molecule has 2 aromatic heterocycles. The lowest BCUT2D eigenvalue weighted by Crippen LogP contribution is -2.44. The average molecular weight is 419 g/mol. The molecule has 1 unspecified atom stereocenters. The van der Waals surface area contributed by atoms with Crippen LogP contribution in [-0.4, -0.2) is 59.6 Å². The van der Waals surface area contributed by atoms with E-state index in [1.165, 1.54) is 24.9 Å². The second-order valence-corrected chi connectivity index (χ2v) is 7.33. The van der Waals surface area contributed by atoms with Crippen LogP contribution in [0.5, 0.6) is 5.75 Å². The van der Waals surface area contributed by atoms with Crippen LogP contribution in [0.25, 0.3) is 11.2 Å². The van der Waals surface area contributed by atoms with Gasteiger partial charge in [-0.15, -0.1) is 0 Å². The van der Waals surface area contributed by atoms with Crippen molar-refractivity contribution in [1.82, 2.24) is 19.9 Å². The van der Waals surface area contributed by atoms with Gasteiger partial charge in [0.2, 0.25) is 0 Å². The summed E-state index contributed by atoms with van der Waals surface area (Å²) in [6.45, 7) is 4.35. The molecule has 0 spiro atoms. The average Bonchev–Trinajstić information content (AvgIpc) is 3.21. The lowest BCUT2D eigenvalue weighted by molar-refractivity contribution is -0.143. The van der Waals surface area contributed by atoms with Crippen LogP contribution in [0, 0.1) is 5.82 Å². The molecule has 1 atom stereocenters. The molecule has 0 radical (unpaired) electrons. The largest absolute Gasteiger partial charge is 0.494 e. The number of rotatable bonds is 7. The van der Waals surface area contributed by atoms with E-state index in [2.05, 4.69) is 19.9 Å². The summed E-state index contributed by atoms with van der Waals surface area (Å²) in [5, 5.41) is 0.579. The number of hydrogen-bond donors (Lipinski definition) is 1. The van der Waals surface area contributed by atoms with Crippen LogP contribution < -0.4 is 9.64 Å². The topological polar surface area (TPSA) is 85.4 Å². The molecule has 3 heterocycles. The van der Waals surface area contributed by atoms with Gasteiger partial charge in [0, 0.05) is 18.9 Å². The Morgan fingerprint density at radius 2 is 2.28 bits per heavy atom. The number of halogens is 1. The molecule has 0 saturated carbocycles. The number of nitrogens with zero attached hydrogens (tertiary/aromatic N) is 4. The van der Waals surface area contributed by atoms with Gasteiger partial charge < -0.3 is 24.1 Å². The molecular formula is C19H22FN5O3S. The Bertz CT molecular complexity index is 984. The summed E-state index contributed by atoms with van der Waals surface area (Å²) in [6.07, 6.45) is 1.32. The first-order valence-corrected chi connectivity index (χ1v) is 10.3. The number of aromatic amines is 1. The van der Waals surface area contributed by atoms with Gasteiger partial charge in [-0.1, -0.05) is 17.8 Å². The van der Waals surface area contributed by atoms with Gasteiger partial charge in [0.05, 0.1) is 26.6 Å². The fourth-order valence-corrected chi connectivity index (χ4v) is 3.91. The molecule has 0 aliphatic carbocycles. The highest BCUT2D eigenvalue weighted by molar-refractivity contribution is 7.98. The summed E-state index contributed by atoms with van der Waals surface area (Å²) >= 11 is 1.43. The Hall–Kier alpha value is -2.43. The van der Waals surface area contributed by atoms with Crippen LogP contribution in [0.3, 0.4) is 0 Å². The van der Waals surface area contributed by atoms with Crippen LogP contribution >= 0.6 is 11.8 Å². The molecule has 4 rings (SSSR count). The molecule has 1 N–H and O–H groups in total. The Kier molecular flexibility index (Phi) is 6.12. The van der Waals surface area contributed by atoms with E-state index in [4.69, 9.17) is 19.2 Å². The van der Waals surface area contributed by atoms with Crippen molar-refractivity contribution in [2.45, 2.75) is 24.1 Å². The van der Waals surface area contributed by atoms with Crippen LogP contribution in [-0.2, 0) is 15.2 Å². The number of aromatic nitrogens is 4. The molecule has 1 fully saturated rings. The van der Waals surface area contributed by atoms with Crippen LogP contribution in [0.4, 0.5) is 10.2 Å². The van der Waals surface area contributed by atoms with Crippen LogP contribution in [0.1, 0.15) is 12.5 Å². The number of fused-ring (bicyclic) bond motifs is 1. The first-order valence-electron chi connectivity index (χ1n) is 9.32. The van der Waals surface area contributed by atoms with Gasteiger partial charge in [-0.05, 0) is 24.6 Å². The van der Waals surface area contributed by atoms with Crippen molar-refractivity contribution in [3.05, 3.63) is 35.9 Å². The van der Waals surface area contributed by atoms with Gasteiger partial charge in [0.25, 0.3) is 0 Å². The fourth-order valence-electron chi connectivity index (χ4n) is 3.14. The molecule has 1 saturated heterocycles. The van der Waals surface area contributed by atoms with Gasteiger partial charge in [0.1, 0.15) is 5.52 Å². The molecule has 0 amide bonds. The minimum Gasteiger partial charge on any atom is -0.494 e. The maximum atomic E-state index is 13.9. The first kappa shape index (κ1) is 19.9. The third-order valence-electron chi connectivity index (χ3n) is 4.52. The van der Waals surface area contributed by atoms with Gasteiger partial charge in [-0.2, -0.15) is 0 Å². The lowest BCUT2D eigenvalue weighted by atomic mass is 10.2. The molecule has 3 aromatic rings. The highest BCUT2D eigenvalue weighted by Crippen LogP contribution is 2.29. The quantitative estimate of drug-likeness (QED) is 0.462. The predicted molar refractivity (Wildman–Crippen MR) is 108 cm³/mol. The maximum Gasteiger partial charge on any atom is 0.192 e. The summed E-state index contributed by atoms with van der Waals surface area (Å²) in [5.74, 6) is 1.14. The van der Waals surface area contributed by atoms with Gasteiger partial charge >= 0.3 is 0 Å². The van der Waals surface area contributed by atoms with E-state index in [0.29, 0.717) is 42.9 Å². The van der Waals surface area contributed by atoms with Crippen molar-refractivity contribution in [1.29, 1.82) is 0 Å². The van der Waals surface area contributed by atoms with E-state index >= 15 is 0 Å². The molecule has 29 heavy (non-hydrogen) atoms. The molecule has 154 valence electrons. The predicted octanol–water partition coefficient (Wildman–Crippen LogP) is 2.99. The van der Waals surface area contributed by atoms with Gasteiger partial charge in [0.15, 0.2) is 34.5 Å². The smallest absolute Gasteiger partial charge is 0.192 e. The summed E-state index contributed by atoms with van der Waals surface area (Å²) in [5.41, 5.74) is 2.20. The van der Waals surface area contributed by atoms with Gasteiger partial charge in [-0.3, -0.25) is 0 Å². The third-order valence-corrected chi connectivity index (χ3v) is 5.44. The Morgan fingerprint density at radius 3 is 3.07 bits per heavy atom. The second kappa shape index (κ2) is 8.93. The summed E-state index contributed by atoms with van der Waals surface area (Å²) < 4.78 is 30.2. The minimum atomic E-state index is -0.384. The minimum absolute atomic E-state index is 0.228. The number of morpholine rings is 1. The van der Waals surface area contributed by atoms with E-state index in [0.717, 1.165) is 16.9 Å². The number of thioether (sulfide) groups is 1. The van der Waals surface area contributed by atoms with Crippen molar-refractivity contribution >= 4 is 28.7 Å². The number of benzene rings is 1. The highest BCUT2D eigenvalue weighted by atomic mass is 32.2. The molecule has 1 aliphatic heterocycles. The van der Waals surface area contributed by atoms with Crippen molar-refractivity contribution < 1.29 is 18.6 Å². The zero-order valence-corrected chi connectivity index (χ0v) is 17.0. The van der Waals surface area contributed by atoms with E-state index < -0.39 is 0 Å². The summed E-state index contributed by atoms with van der Waals surface area (Å²) in [6, 6.07) is 4.92. The van der Waals surface area contributed by atoms with E-state index in [9.17, 15) is 4.39 Å². The van der Waals surface area contributed by atoms with E-state index in [1.807, 2.05) is 13.0 Å². The summed E-state index contributed by atoms with van der Waals surface area (Å²) in [4.78, 5) is 18.8. The first-order chi connectivity index (χ1) is 14.2. The number of methoxy groups -OCH3 is 1. The van der Waals surface area contributed by atoms with Crippen molar-refractivity contribution in [2.24, 2.45) is 0 Å². The van der Waals surface area contributed by atoms with Crippen LogP contribution in [0.2, 0.25) is 0 Å². The molecule has 10 heteroatoms. The zero-order valence-electron chi connectivity index (χ0n) is 16.2. The monoisotopic (exact) mass is 419 g/mol. The summed E-state index contributed by atoms with van der Waals surface area (Å²) in [7, 11) is 1.45. The SMILES string of the molecule is CCOC1CN(c2nc(SCc3ccc(OC)c(F)c3)nc3nc[nH]c23)CCO1. The molecule has 1 aromatic carbocycles. The van der Waals surface area contributed by atoms with Gasteiger partial charge in [-0.25, -0.2) is 19.3 Å². The lowest BCUT2D eigenvalue weighted by Gasteiger charge is -2.33. The van der Waals surface area contributed by atoms with Crippen molar-refractivity contribution in [3.63, 3.8) is 0 Å². The number of hydrogen-bond acceptors (Lipinski definition) is 8. The normalized spacial score (nSPS) is 17.1. The third kappa shape index (κ3) is 4.44. The highest BCUT2D eigenvalue weighted by Gasteiger charge is 2.25. The number of H-pyrrole nitrogens is 1. The van der Waals surface area contributed by atoms with Crippen molar-refractivity contribution in [3.8, 4) is 5.75 Å². The second-order valence-electron chi connectivity index (χ2n) is 6.39. The number of imidazole rings is 1.